The minimum atomic E-state index is 0.331. The molecular weight excluding hydrogens is 198 g/mol. The topological polar surface area (TPSA) is 43.8 Å². The van der Waals surface area contributed by atoms with E-state index in [0.717, 1.165) is 11.3 Å². The fraction of sp³-hybridized carbons (Fsp3) is 0.462. The van der Waals surface area contributed by atoms with Crippen molar-refractivity contribution in [2.45, 2.75) is 19.8 Å². The van der Waals surface area contributed by atoms with Gasteiger partial charge in [-0.15, -0.1) is 0 Å². The second kappa shape index (κ2) is 4.26. The molecule has 0 aliphatic heterocycles. The van der Waals surface area contributed by atoms with Crippen LogP contribution in [0.5, 0.6) is 0 Å². The molecule has 16 heavy (non-hydrogen) atoms. The molecule has 86 valence electrons. The highest BCUT2D eigenvalue weighted by atomic mass is 15.1. The molecule has 0 aliphatic carbocycles. The number of benzene rings is 1. The van der Waals surface area contributed by atoms with Crippen molar-refractivity contribution in [3.63, 3.8) is 0 Å². The van der Waals surface area contributed by atoms with Crippen LogP contribution in [0.25, 0.3) is 11.0 Å². The fourth-order valence-corrected chi connectivity index (χ4v) is 2.17. The van der Waals surface area contributed by atoms with E-state index in [4.69, 9.17) is 5.73 Å². The van der Waals surface area contributed by atoms with Crippen LogP contribution in [0.2, 0.25) is 0 Å². The van der Waals surface area contributed by atoms with Crippen LogP contribution in [0.4, 0.5) is 0 Å². The van der Waals surface area contributed by atoms with Crippen molar-refractivity contribution in [1.29, 1.82) is 0 Å². The molecule has 2 aromatic rings. The minimum absolute atomic E-state index is 0.331. The van der Waals surface area contributed by atoms with Gasteiger partial charge in [-0.1, -0.05) is 26.0 Å². The van der Waals surface area contributed by atoms with Gasteiger partial charge in [-0.2, -0.15) is 0 Å². The third-order valence-electron chi connectivity index (χ3n) is 3.21. The number of fused-ring (bicyclic) bond motifs is 1. The summed E-state index contributed by atoms with van der Waals surface area (Å²) in [5.74, 6) is 1.94. The number of para-hydroxylation sites is 2. The second-order valence-corrected chi connectivity index (χ2v) is 4.60. The van der Waals surface area contributed by atoms with Crippen LogP contribution >= 0.6 is 0 Å². The van der Waals surface area contributed by atoms with Gasteiger partial charge < -0.3 is 10.3 Å². The number of aromatic nitrogens is 2. The van der Waals surface area contributed by atoms with Crippen molar-refractivity contribution in [2.75, 3.05) is 6.54 Å². The maximum atomic E-state index is 5.84. The standard InChI is InChI=1S/C13H19N3/c1-9(2)10(8-14)13-15-11-6-4-5-7-12(11)16(13)3/h4-7,9-10H,8,14H2,1-3H3. The van der Waals surface area contributed by atoms with Gasteiger partial charge >= 0.3 is 0 Å². The molecule has 0 saturated carbocycles. The Morgan fingerprint density at radius 3 is 2.56 bits per heavy atom. The fourth-order valence-electron chi connectivity index (χ4n) is 2.17. The molecule has 3 nitrogen and oxygen atoms in total. The average molecular weight is 217 g/mol. The molecule has 0 fully saturated rings. The predicted molar refractivity (Wildman–Crippen MR) is 67.3 cm³/mol. The van der Waals surface area contributed by atoms with Crippen LogP contribution in [-0.4, -0.2) is 16.1 Å². The number of hydrogen-bond donors (Lipinski definition) is 1. The molecule has 1 aromatic carbocycles. The molecule has 0 amide bonds. The van der Waals surface area contributed by atoms with E-state index in [1.54, 1.807) is 0 Å². The number of nitrogens with two attached hydrogens (primary N) is 1. The zero-order valence-electron chi connectivity index (χ0n) is 10.1. The summed E-state index contributed by atoms with van der Waals surface area (Å²) in [5.41, 5.74) is 8.08. The van der Waals surface area contributed by atoms with Crippen LogP contribution in [0, 0.1) is 5.92 Å². The first-order chi connectivity index (χ1) is 7.65. The van der Waals surface area contributed by atoms with Crippen molar-refractivity contribution in [3.05, 3.63) is 30.1 Å². The molecule has 1 aromatic heterocycles. The zero-order chi connectivity index (χ0) is 11.7. The van der Waals surface area contributed by atoms with Gasteiger partial charge in [0.2, 0.25) is 0 Å². The quantitative estimate of drug-likeness (QED) is 0.857. The smallest absolute Gasteiger partial charge is 0.114 e. The molecule has 1 atom stereocenters. The van der Waals surface area contributed by atoms with E-state index in [0.29, 0.717) is 18.4 Å². The lowest BCUT2D eigenvalue weighted by molar-refractivity contribution is 0.474. The lowest BCUT2D eigenvalue weighted by atomic mass is 9.95. The van der Waals surface area contributed by atoms with E-state index in [2.05, 4.69) is 36.5 Å². The second-order valence-electron chi connectivity index (χ2n) is 4.60. The van der Waals surface area contributed by atoms with E-state index in [1.807, 2.05) is 18.2 Å². The van der Waals surface area contributed by atoms with Crippen molar-refractivity contribution in [2.24, 2.45) is 18.7 Å². The van der Waals surface area contributed by atoms with Crippen molar-refractivity contribution in [3.8, 4) is 0 Å². The first-order valence-corrected chi connectivity index (χ1v) is 5.76. The van der Waals surface area contributed by atoms with Gasteiger partial charge in [-0.25, -0.2) is 4.98 Å². The monoisotopic (exact) mass is 217 g/mol. The predicted octanol–water partition coefficient (Wildman–Crippen LogP) is 2.27. The highest BCUT2D eigenvalue weighted by molar-refractivity contribution is 5.75. The van der Waals surface area contributed by atoms with Crippen molar-refractivity contribution >= 4 is 11.0 Å². The van der Waals surface area contributed by atoms with Crippen LogP contribution < -0.4 is 5.73 Å². The lowest BCUT2D eigenvalue weighted by Crippen LogP contribution is -2.21. The van der Waals surface area contributed by atoms with Gasteiger partial charge in [0.25, 0.3) is 0 Å². The van der Waals surface area contributed by atoms with E-state index in [1.165, 1.54) is 5.52 Å². The third-order valence-corrected chi connectivity index (χ3v) is 3.21. The van der Waals surface area contributed by atoms with E-state index < -0.39 is 0 Å². The van der Waals surface area contributed by atoms with Crippen LogP contribution in [-0.2, 0) is 7.05 Å². The third kappa shape index (κ3) is 1.71. The Balaban J connectivity index is 2.56. The van der Waals surface area contributed by atoms with Gasteiger partial charge in [-0.3, -0.25) is 0 Å². The molecule has 2 N–H and O–H groups in total. The lowest BCUT2D eigenvalue weighted by Gasteiger charge is -2.18. The number of nitrogens with zero attached hydrogens (tertiary/aromatic N) is 2. The summed E-state index contributed by atoms with van der Waals surface area (Å²) in [5, 5.41) is 0. The van der Waals surface area contributed by atoms with Crippen molar-refractivity contribution in [1.82, 2.24) is 9.55 Å². The van der Waals surface area contributed by atoms with Crippen molar-refractivity contribution < 1.29 is 0 Å². The molecule has 1 unspecified atom stereocenters. The van der Waals surface area contributed by atoms with E-state index >= 15 is 0 Å². The molecule has 2 rings (SSSR count). The number of imidazole rings is 1. The first-order valence-electron chi connectivity index (χ1n) is 5.76. The number of rotatable bonds is 3. The largest absolute Gasteiger partial charge is 0.331 e. The Bertz CT molecular complexity index is 485. The molecule has 0 aliphatic rings. The summed E-state index contributed by atoms with van der Waals surface area (Å²) < 4.78 is 2.16. The average Bonchev–Trinajstić information content (AvgIpc) is 2.58. The maximum Gasteiger partial charge on any atom is 0.114 e. The number of hydrogen-bond acceptors (Lipinski definition) is 2. The van der Waals surface area contributed by atoms with Gasteiger partial charge in [0.15, 0.2) is 0 Å². The van der Waals surface area contributed by atoms with Crippen LogP contribution in [0.3, 0.4) is 0 Å². The molecule has 0 saturated heterocycles. The zero-order valence-corrected chi connectivity index (χ0v) is 10.1. The van der Waals surface area contributed by atoms with Gasteiger partial charge in [-0.05, 0) is 18.1 Å². The highest BCUT2D eigenvalue weighted by Gasteiger charge is 2.20. The Morgan fingerprint density at radius 1 is 1.31 bits per heavy atom. The summed E-state index contributed by atoms with van der Waals surface area (Å²) in [6.45, 7) is 5.03. The molecule has 0 bridgehead atoms. The van der Waals surface area contributed by atoms with Crippen LogP contribution in [0.1, 0.15) is 25.6 Å². The van der Waals surface area contributed by atoms with Crippen LogP contribution in [0.15, 0.2) is 24.3 Å². The van der Waals surface area contributed by atoms with E-state index in [9.17, 15) is 0 Å². The maximum absolute atomic E-state index is 5.84. The molecule has 3 heteroatoms. The minimum Gasteiger partial charge on any atom is -0.331 e. The SMILES string of the molecule is CC(C)C(CN)c1nc2ccccc2n1C. The molecule has 0 spiro atoms. The first kappa shape index (κ1) is 11.1. The Morgan fingerprint density at radius 2 is 2.00 bits per heavy atom. The Hall–Kier alpha value is -1.35. The Kier molecular flexibility index (Phi) is 2.97. The molecule has 0 radical (unpaired) electrons. The van der Waals surface area contributed by atoms with Gasteiger partial charge in [0.05, 0.1) is 11.0 Å². The summed E-state index contributed by atoms with van der Waals surface area (Å²) in [4.78, 5) is 4.69. The normalized spacial score (nSPS) is 13.6. The molecule has 1 heterocycles. The Labute approximate surface area is 96.3 Å². The van der Waals surface area contributed by atoms with Gasteiger partial charge in [0.1, 0.15) is 5.82 Å². The summed E-state index contributed by atoms with van der Waals surface area (Å²) in [7, 11) is 2.07. The highest BCUT2D eigenvalue weighted by Crippen LogP contribution is 2.25. The van der Waals surface area contributed by atoms with E-state index in [-0.39, 0.29) is 0 Å². The summed E-state index contributed by atoms with van der Waals surface area (Å²) in [6.07, 6.45) is 0. The van der Waals surface area contributed by atoms with Gasteiger partial charge in [0, 0.05) is 19.5 Å². The summed E-state index contributed by atoms with van der Waals surface area (Å²) in [6, 6.07) is 8.21. The molecular formula is C13H19N3. The summed E-state index contributed by atoms with van der Waals surface area (Å²) >= 11 is 0. The number of aryl methyl sites for hydroxylation is 1.